The molecule has 0 bridgehead atoms. The van der Waals surface area contributed by atoms with E-state index in [1.54, 1.807) is 0 Å². The number of hydrogen-bond acceptors (Lipinski definition) is 4. The van der Waals surface area contributed by atoms with E-state index in [9.17, 15) is 9.90 Å². The number of amides is 1. The quantitative estimate of drug-likeness (QED) is 0.434. The van der Waals surface area contributed by atoms with Gasteiger partial charge in [0.1, 0.15) is 10.9 Å². The molecule has 120 valence electrons. The van der Waals surface area contributed by atoms with E-state index < -0.39 is 0 Å². The number of carbonyl (C=O) groups is 1. The number of pyridine rings is 1. The van der Waals surface area contributed by atoms with Crippen LogP contribution in [0.25, 0.3) is 10.9 Å². The summed E-state index contributed by atoms with van der Waals surface area (Å²) < 4.78 is 0. The lowest BCUT2D eigenvalue weighted by Crippen LogP contribution is -2.17. The maximum atomic E-state index is 11.9. The lowest BCUT2D eigenvalue weighted by molar-refractivity contribution is 0.0955. The number of benzene rings is 2. The third-order valence-corrected chi connectivity index (χ3v) is 3.83. The van der Waals surface area contributed by atoms with E-state index in [1.807, 2.05) is 31.2 Å². The molecule has 0 saturated carbocycles. The second-order valence-corrected chi connectivity index (χ2v) is 5.62. The Kier molecular flexibility index (Phi) is 4.44. The van der Waals surface area contributed by atoms with Gasteiger partial charge in [-0.05, 0) is 42.8 Å². The van der Waals surface area contributed by atoms with Gasteiger partial charge in [-0.3, -0.25) is 4.79 Å². The fourth-order valence-electron chi connectivity index (χ4n) is 2.27. The number of para-hydroxylation sites is 1. The molecule has 0 fully saturated rings. The number of aromatic nitrogens is 1. The summed E-state index contributed by atoms with van der Waals surface area (Å²) in [5.41, 5.74) is 5.30. The molecule has 0 saturated heterocycles. The summed E-state index contributed by atoms with van der Waals surface area (Å²) in [7, 11) is 0. The molecule has 2 aromatic carbocycles. The summed E-state index contributed by atoms with van der Waals surface area (Å²) >= 11 is 6.18. The smallest absolute Gasteiger partial charge is 0.271 e. The Balaban J connectivity index is 1.79. The number of phenolic OH excluding ortho intramolecular Hbond substituents is 1. The van der Waals surface area contributed by atoms with Crippen LogP contribution >= 0.6 is 11.6 Å². The van der Waals surface area contributed by atoms with Crippen LogP contribution in [0.1, 0.15) is 21.5 Å². The van der Waals surface area contributed by atoms with Crippen LogP contribution in [0.4, 0.5) is 0 Å². The summed E-state index contributed by atoms with van der Waals surface area (Å²) in [6, 6.07) is 13.6. The molecule has 0 aliphatic carbocycles. The van der Waals surface area contributed by atoms with Crippen molar-refractivity contribution in [1.29, 1.82) is 0 Å². The standard InChI is InChI=1S/C18H14ClN3O2/c1-11-3-2-4-13-9-14(17(19)21-16(11)13)10-20-22-18(24)12-5-7-15(23)8-6-12/h2-10,23H,1H3,(H,22,24)/b20-10-. The number of nitrogens with one attached hydrogen (secondary N) is 1. The van der Waals surface area contributed by atoms with E-state index >= 15 is 0 Å². The molecule has 1 aromatic heterocycles. The van der Waals surface area contributed by atoms with Crippen LogP contribution in [0.2, 0.25) is 5.15 Å². The normalized spacial score (nSPS) is 11.1. The molecule has 1 heterocycles. The number of rotatable bonds is 3. The van der Waals surface area contributed by atoms with Crippen LogP contribution in [0.3, 0.4) is 0 Å². The third kappa shape index (κ3) is 3.36. The molecule has 5 nitrogen and oxygen atoms in total. The highest BCUT2D eigenvalue weighted by Gasteiger charge is 2.06. The van der Waals surface area contributed by atoms with Gasteiger partial charge in [-0.2, -0.15) is 5.10 Å². The van der Waals surface area contributed by atoms with Crippen LogP contribution < -0.4 is 5.43 Å². The predicted octanol–water partition coefficient (Wildman–Crippen LogP) is 3.67. The van der Waals surface area contributed by atoms with Crippen LogP contribution in [-0.2, 0) is 0 Å². The van der Waals surface area contributed by atoms with Gasteiger partial charge < -0.3 is 5.11 Å². The number of carbonyl (C=O) groups excluding carboxylic acids is 1. The van der Waals surface area contributed by atoms with Crippen LogP contribution in [0, 0.1) is 6.92 Å². The lowest BCUT2D eigenvalue weighted by atomic mass is 10.1. The average molecular weight is 340 g/mol. The van der Waals surface area contributed by atoms with Crippen molar-refractivity contribution in [1.82, 2.24) is 10.4 Å². The van der Waals surface area contributed by atoms with E-state index in [-0.39, 0.29) is 11.7 Å². The van der Waals surface area contributed by atoms with E-state index in [0.717, 1.165) is 16.5 Å². The lowest BCUT2D eigenvalue weighted by Gasteiger charge is -2.04. The topological polar surface area (TPSA) is 74.6 Å². The first-order valence-electron chi connectivity index (χ1n) is 7.23. The first kappa shape index (κ1) is 16.0. The Hall–Kier alpha value is -2.92. The first-order chi connectivity index (χ1) is 11.5. The Morgan fingerprint density at radius 3 is 2.75 bits per heavy atom. The minimum Gasteiger partial charge on any atom is -0.508 e. The fraction of sp³-hybridized carbons (Fsp3) is 0.0556. The Morgan fingerprint density at radius 1 is 1.25 bits per heavy atom. The Bertz CT molecular complexity index is 937. The monoisotopic (exact) mass is 339 g/mol. The molecule has 24 heavy (non-hydrogen) atoms. The van der Waals surface area contributed by atoms with Gasteiger partial charge in [0.05, 0.1) is 11.7 Å². The molecule has 3 rings (SSSR count). The molecule has 0 aliphatic rings. The number of nitrogens with zero attached hydrogens (tertiary/aromatic N) is 2. The molecule has 0 aliphatic heterocycles. The van der Waals surface area contributed by atoms with E-state index in [4.69, 9.17) is 11.6 Å². The summed E-state index contributed by atoms with van der Waals surface area (Å²) in [5.74, 6) is -0.286. The summed E-state index contributed by atoms with van der Waals surface area (Å²) in [5, 5.41) is 14.4. The third-order valence-electron chi connectivity index (χ3n) is 3.53. The van der Waals surface area contributed by atoms with Gasteiger partial charge in [-0.1, -0.05) is 29.8 Å². The van der Waals surface area contributed by atoms with E-state index in [1.165, 1.54) is 30.5 Å². The van der Waals surface area contributed by atoms with Crippen molar-refractivity contribution >= 4 is 34.6 Å². The zero-order valence-electron chi connectivity index (χ0n) is 12.8. The number of halogens is 1. The Labute approximate surface area is 143 Å². The molecule has 0 unspecified atom stereocenters. The van der Waals surface area contributed by atoms with Gasteiger partial charge in [-0.25, -0.2) is 10.4 Å². The number of aryl methyl sites for hydroxylation is 1. The van der Waals surface area contributed by atoms with Gasteiger partial charge in [-0.15, -0.1) is 0 Å². The molecule has 3 aromatic rings. The molecular weight excluding hydrogens is 326 g/mol. The molecule has 0 spiro atoms. The Morgan fingerprint density at radius 2 is 2.00 bits per heavy atom. The van der Waals surface area contributed by atoms with Gasteiger partial charge in [0.15, 0.2) is 0 Å². The average Bonchev–Trinajstić information content (AvgIpc) is 2.57. The van der Waals surface area contributed by atoms with Crippen molar-refractivity contribution in [2.45, 2.75) is 6.92 Å². The molecule has 0 atom stereocenters. The van der Waals surface area contributed by atoms with Crippen LogP contribution in [0.15, 0.2) is 53.6 Å². The van der Waals surface area contributed by atoms with Gasteiger partial charge >= 0.3 is 0 Å². The number of hydrazone groups is 1. The van der Waals surface area contributed by atoms with Crippen molar-refractivity contribution in [2.24, 2.45) is 5.10 Å². The van der Waals surface area contributed by atoms with E-state index in [2.05, 4.69) is 15.5 Å². The SMILES string of the molecule is Cc1cccc2cc(/C=N\NC(=O)c3ccc(O)cc3)c(Cl)nc12. The van der Waals surface area contributed by atoms with Crippen molar-refractivity contribution in [2.75, 3.05) is 0 Å². The largest absolute Gasteiger partial charge is 0.508 e. The van der Waals surface area contributed by atoms with Crippen molar-refractivity contribution in [3.05, 3.63) is 70.4 Å². The van der Waals surface area contributed by atoms with Gasteiger partial charge in [0.2, 0.25) is 0 Å². The zero-order valence-corrected chi connectivity index (χ0v) is 13.6. The van der Waals surface area contributed by atoms with Crippen molar-refractivity contribution in [3.8, 4) is 5.75 Å². The number of fused-ring (bicyclic) bond motifs is 1. The van der Waals surface area contributed by atoms with Crippen LogP contribution in [-0.4, -0.2) is 22.2 Å². The predicted molar refractivity (Wildman–Crippen MR) is 94.7 cm³/mol. The molecule has 6 heteroatoms. The molecule has 0 radical (unpaired) electrons. The van der Waals surface area contributed by atoms with Gasteiger partial charge in [0, 0.05) is 16.5 Å². The minimum atomic E-state index is -0.382. The highest BCUT2D eigenvalue weighted by Crippen LogP contribution is 2.21. The number of aromatic hydroxyl groups is 1. The minimum absolute atomic E-state index is 0.0966. The maximum Gasteiger partial charge on any atom is 0.271 e. The second kappa shape index (κ2) is 6.68. The van der Waals surface area contributed by atoms with E-state index in [0.29, 0.717) is 16.3 Å². The number of phenols is 1. The maximum absolute atomic E-state index is 11.9. The second-order valence-electron chi connectivity index (χ2n) is 5.26. The van der Waals surface area contributed by atoms with Crippen molar-refractivity contribution in [3.63, 3.8) is 0 Å². The summed E-state index contributed by atoms with van der Waals surface area (Å²) in [6.07, 6.45) is 1.45. The van der Waals surface area contributed by atoms with Gasteiger partial charge in [0.25, 0.3) is 5.91 Å². The molecule has 2 N–H and O–H groups in total. The first-order valence-corrected chi connectivity index (χ1v) is 7.61. The molecular formula is C18H14ClN3O2. The highest BCUT2D eigenvalue weighted by molar-refractivity contribution is 6.32. The fourth-order valence-corrected chi connectivity index (χ4v) is 2.46. The number of hydrogen-bond donors (Lipinski definition) is 2. The van der Waals surface area contributed by atoms with Crippen LogP contribution in [0.5, 0.6) is 5.75 Å². The zero-order chi connectivity index (χ0) is 17.1. The molecule has 1 amide bonds. The highest BCUT2D eigenvalue weighted by atomic mass is 35.5. The van der Waals surface area contributed by atoms with Crippen molar-refractivity contribution < 1.29 is 9.90 Å². The summed E-state index contributed by atoms with van der Waals surface area (Å²) in [6.45, 7) is 1.97. The summed E-state index contributed by atoms with van der Waals surface area (Å²) in [4.78, 5) is 16.3.